The lowest BCUT2D eigenvalue weighted by Gasteiger charge is -2.41. The van der Waals surface area contributed by atoms with E-state index in [9.17, 15) is 9.50 Å². The van der Waals surface area contributed by atoms with Crippen LogP contribution in [0, 0.1) is 5.82 Å². The molecule has 5 heteroatoms. The zero-order valence-electron chi connectivity index (χ0n) is 13.7. The third kappa shape index (κ3) is 3.59. The van der Waals surface area contributed by atoms with Crippen LogP contribution in [0.15, 0.2) is 48.5 Å². The van der Waals surface area contributed by atoms with E-state index >= 15 is 0 Å². The van der Waals surface area contributed by atoms with Gasteiger partial charge in [-0.25, -0.2) is 4.39 Å². The number of rotatable bonds is 5. The Labute approximate surface area is 141 Å². The first kappa shape index (κ1) is 16.9. The first-order valence-electron chi connectivity index (χ1n) is 8.07. The summed E-state index contributed by atoms with van der Waals surface area (Å²) in [5, 5.41) is 9.69. The minimum Gasteiger partial charge on any atom is -0.494 e. The van der Waals surface area contributed by atoms with Gasteiger partial charge in [-0.15, -0.1) is 0 Å². The highest BCUT2D eigenvalue weighted by molar-refractivity contribution is 5.30. The monoisotopic (exact) mass is 331 g/mol. The molecule has 1 N–H and O–H groups in total. The van der Waals surface area contributed by atoms with Crippen LogP contribution in [0.3, 0.4) is 0 Å². The average Bonchev–Trinajstić information content (AvgIpc) is 2.62. The fourth-order valence-corrected chi connectivity index (χ4v) is 3.24. The van der Waals surface area contributed by atoms with Crippen LogP contribution in [0.5, 0.6) is 5.75 Å². The van der Waals surface area contributed by atoms with E-state index in [2.05, 4.69) is 4.90 Å². The predicted octanol–water partition coefficient (Wildman–Crippen LogP) is 2.77. The zero-order chi connectivity index (χ0) is 16.9. The molecule has 0 radical (unpaired) electrons. The molecule has 0 spiro atoms. The van der Waals surface area contributed by atoms with Crippen LogP contribution in [-0.4, -0.2) is 43.0 Å². The fourth-order valence-electron chi connectivity index (χ4n) is 3.24. The lowest BCUT2D eigenvalue weighted by Crippen LogP contribution is -2.46. The first-order chi connectivity index (χ1) is 11.7. The number of morpholine rings is 1. The smallest absolute Gasteiger partial charge is 0.165 e. The zero-order valence-corrected chi connectivity index (χ0v) is 13.7. The summed E-state index contributed by atoms with van der Waals surface area (Å²) in [6, 6.07) is 14.9. The largest absolute Gasteiger partial charge is 0.494 e. The summed E-state index contributed by atoms with van der Waals surface area (Å²) in [5.41, 5.74) is 1.96. The molecule has 0 aliphatic carbocycles. The Balaban J connectivity index is 1.85. The van der Waals surface area contributed by atoms with Crippen molar-refractivity contribution in [3.05, 3.63) is 65.5 Å². The Morgan fingerprint density at radius 1 is 1.25 bits per heavy atom. The number of nitrogens with zero attached hydrogens (tertiary/aromatic N) is 1. The van der Waals surface area contributed by atoms with Gasteiger partial charge in [0.2, 0.25) is 0 Å². The second kappa shape index (κ2) is 7.75. The lowest BCUT2D eigenvalue weighted by molar-refractivity contribution is -0.0960. The molecule has 2 aromatic rings. The van der Waals surface area contributed by atoms with E-state index < -0.39 is 0 Å². The topological polar surface area (TPSA) is 41.9 Å². The Morgan fingerprint density at radius 3 is 2.71 bits per heavy atom. The van der Waals surface area contributed by atoms with Crippen LogP contribution in [0.25, 0.3) is 0 Å². The van der Waals surface area contributed by atoms with Crippen LogP contribution in [0.4, 0.5) is 4.39 Å². The maximum absolute atomic E-state index is 14.0. The Morgan fingerprint density at radius 2 is 2.04 bits per heavy atom. The number of aliphatic hydroxyl groups excluding tert-OH is 1. The molecule has 128 valence electrons. The van der Waals surface area contributed by atoms with Gasteiger partial charge in [0.1, 0.15) is 6.10 Å². The first-order valence-corrected chi connectivity index (χ1v) is 8.07. The summed E-state index contributed by atoms with van der Waals surface area (Å²) in [6.07, 6.45) is -0.288. The quantitative estimate of drug-likeness (QED) is 0.915. The number of aliphatic hydroxyl groups is 1. The number of ether oxygens (including phenoxy) is 2. The molecule has 1 saturated heterocycles. The van der Waals surface area contributed by atoms with Gasteiger partial charge in [0, 0.05) is 13.1 Å². The van der Waals surface area contributed by atoms with Crippen LogP contribution in [0.1, 0.15) is 17.2 Å². The number of hydrogen-bond acceptors (Lipinski definition) is 4. The molecule has 24 heavy (non-hydrogen) atoms. The molecule has 4 nitrogen and oxygen atoms in total. The highest BCUT2D eigenvalue weighted by Gasteiger charge is 2.33. The van der Waals surface area contributed by atoms with Crippen LogP contribution >= 0.6 is 0 Å². The van der Waals surface area contributed by atoms with E-state index in [1.165, 1.54) is 13.2 Å². The summed E-state index contributed by atoms with van der Waals surface area (Å²) in [4.78, 5) is 2.22. The van der Waals surface area contributed by atoms with E-state index in [1.807, 2.05) is 36.4 Å². The summed E-state index contributed by atoms with van der Waals surface area (Å²) in [5.74, 6) is -0.119. The molecular formula is C19H22FNO3. The SMILES string of the molecule is COc1ccc(CN2CCO[C@H](CO)[C@H]2c2ccccc2)cc1F. The maximum atomic E-state index is 14.0. The Bertz CT molecular complexity index is 665. The maximum Gasteiger partial charge on any atom is 0.165 e. The molecule has 1 aliphatic rings. The molecule has 1 fully saturated rings. The van der Waals surface area contributed by atoms with Gasteiger partial charge in [0.15, 0.2) is 11.6 Å². The summed E-state index contributed by atoms with van der Waals surface area (Å²) >= 11 is 0. The number of hydrogen-bond donors (Lipinski definition) is 1. The molecule has 2 atom stereocenters. The number of methoxy groups -OCH3 is 1. The van der Waals surface area contributed by atoms with Gasteiger partial charge in [0.25, 0.3) is 0 Å². The van der Waals surface area contributed by atoms with E-state index in [4.69, 9.17) is 9.47 Å². The molecule has 0 unspecified atom stereocenters. The van der Waals surface area contributed by atoms with E-state index in [0.29, 0.717) is 13.2 Å². The number of halogens is 1. The highest BCUT2D eigenvalue weighted by Crippen LogP contribution is 2.31. The second-order valence-electron chi connectivity index (χ2n) is 5.89. The van der Waals surface area contributed by atoms with Gasteiger partial charge in [-0.2, -0.15) is 0 Å². The van der Waals surface area contributed by atoms with Gasteiger partial charge >= 0.3 is 0 Å². The molecule has 2 aromatic carbocycles. The molecule has 0 saturated carbocycles. The third-order valence-electron chi connectivity index (χ3n) is 4.38. The highest BCUT2D eigenvalue weighted by atomic mass is 19.1. The average molecular weight is 331 g/mol. The summed E-state index contributed by atoms with van der Waals surface area (Å²) in [7, 11) is 1.46. The van der Waals surface area contributed by atoms with E-state index in [1.54, 1.807) is 6.07 Å². The van der Waals surface area contributed by atoms with Gasteiger partial charge in [-0.05, 0) is 23.3 Å². The predicted molar refractivity (Wildman–Crippen MR) is 89.4 cm³/mol. The van der Waals surface area contributed by atoms with Crippen molar-refractivity contribution in [2.75, 3.05) is 26.9 Å². The Hall–Kier alpha value is -1.95. The molecule has 1 heterocycles. The molecule has 3 rings (SSSR count). The van der Waals surface area contributed by atoms with E-state index in [-0.39, 0.29) is 30.3 Å². The van der Waals surface area contributed by atoms with Crippen LogP contribution in [0.2, 0.25) is 0 Å². The van der Waals surface area contributed by atoms with Gasteiger partial charge in [-0.1, -0.05) is 36.4 Å². The van der Waals surface area contributed by atoms with Crippen molar-refractivity contribution >= 4 is 0 Å². The molecular weight excluding hydrogens is 309 g/mol. The molecule has 0 amide bonds. The molecule has 0 bridgehead atoms. The van der Waals surface area contributed by atoms with Crippen molar-refractivity contribution in [1.29, 1.82) is 0 Å². The lowest BCUT2D eigenvalue weighted by atomic mass is 9.97. The van der Waals surface area contributed by atoms with Crippen LogP contribution < -0.4 is 4.74 Å². The van der Waals surface area contributed by atoms with Gasteiger partial charge in [0.05, 0.1) is 26.4 Å². The van der Waals surface area contributed by atoms with Crippen molar-refractivity contribution in [3.63, 3.8) is 0 Å². The summed E-state index contributed by atoms with van der Waals surface area (Å²) in [6.45, 7) is 1.81. The van der Waals surface area contributed by atoms with E-state index in [0.717, 1.165) is 17.7 Å². The van der Waals surface area contributed by atoms with Crippen LogP contribution in [-0.2, 0) is 11.3 Å². The third-order valence-corrected chi connectivity index (χ3v) is 4.38. The minimum absolute atomic E-state index is 0.0486. The van der Waals surface area contributed by atoms with Crippen molar-refractivity contribution in [2.24, 2.45) is 0 Å². The minimum atomic E-state index is -0.363. The van der Waals surface area contributed by atoms with Crippen molar-refractivity contribution < 1.29 is 19.0 Å². The standard InChI is InChI=1S/C19H22FNO3/c1-23-17-8-7-14(11-16(17)20)12-21-9-10-24-18(13-22)19(21)15-5-3-2-4-6-15/h2-8,11,18-19,22H,9-10,12-13H2,1H3/t18-,19-/m1/s1. The molecule has 1 aliphatic heterocycles. The van der Waals surface area contributed by atoms with Crippen molar-refractivity contribution in [3.8, 4) is 5.75 Å². The Kier molecular flexibility index (Phi) is 5.45. The number of benzene rings is 2. The van der Waals surface area contributed by atoms with Crippen molar-refractivity contribution in [1.82, 2.24) is 4.90 Å². The normalized spacial score (nSPS) is 21.6. The van der Waals surface area contributed by atoms with Crippen molar-refractivity contribution in [2.45, 2.75) is 18.7 Å². The van der Waals surface area contributed by atoms with Gasteiger partial charge < -0.3 is 14.6 Å². The molecule has 0 aromatic heterocycles. The fraction of sp³-hybridized carbons (Fsp3) is 0.368. The second-order valence-corrected chi connectivity index (χ2v) is 5.89. The van der Waals surface area contributed by atoms with Gasteiger partial charge in [-0.3, -0.25) is 4.90 Å². The summed E-state index contributed by atoms with van der Waals surface area (Å²) < 4.78 is 24.7.